The molecule has 1 heterocycles. The Labute approximate surface area is 157 Å². The number of fused-ring (bicyclic) bond motifs is 1. The zero-order valence-electron chi connectivity index (χ0n) is 14.4. The number of nitrogens with two attached hydrogens (primary N) is 2. The Morgan fingerprint density at radius 2 is 1.75 bits per heavy atom. The fourth-order valence-corrected chi connectivity index (χ4v) is 3.99. The van der Waals surface area contributed by atoms with Gasteiger partial charge in [-0.1, -0.05) is 37.5 Å². The molecule has 0 radical (unpaired) electrons. The highest BCUT2D eigenvalue weighted by Crippen LogP contribution is 2.42. The summed E-state index contributed by atoms with van der Waals surface area (Å²) in [7, 11) is 1.71. The average Bonchev–Trinajstić information content (AvgIpc) is 2.54. The van der Waals surface area contributed by atoms with Crippen molar-refractivity contribution in [2.75, 3.05) is 12.0 Å². The van der Waals surface area contributed by atoms with Gasteiger partial charge in [0.25, 0.3) is 0 Å². The largest absolute Gasteiger partial charge is 0.385 e. The van der Waals surface area contributed by atoms with Gasteiger partial charge in [-0.15, -0.1) is 24.8 Å². The Kier molecular flexibility index (Phi) is 7.42. The number of ether oxygens (including phenoxy) is 1. The molecular formula is C18H29Cl2N3O. The second-order valence-electron chi connectivity index (χ2n) is 6.70. The molecule has 1 fully saturated rings. The Morgan fingerprint density at radius 3 is 2.38 bits per heavy atom. The van der Waals surface area contributed by atoms with E-state index in [1.807, 2.05) is 18.2 Å². The Hall–Kier alpha value is -0.940. The maximum Gasteiger partial charge on any atom is 0.106 e. The van der Waals surface area contributed by atoms with E-state index in [0.29, 0.717) is 11.7 Å². The number of rotatable bonds is 3. The van der Waals surface area contributed by atoms with Crippen LogP contribution >= 0.6 is 24.8 Å². The van der Waals surface area contributed by atoms with Crippen LogP contribution in [0.1, 0.15) is 50.7 Å². The number of nitrogens with zero attached hydrogens (tertiary/aromatic N) is 1. The SMILES string of the molecule is COC1C=C(N)N(C(C)(N)C2CCCCC2)c2ccccc21.Cl.Cl. The number of benzene rings is 1. The van der Waals surface area contributed by atoms with Gasteiger partial charge in [0.15, 0.2) is 0 Å². The van der Waals surface area contributed by atoms with Crippen molar-refractivity contribution in [2.24, 2.45) is 17.4 Å². The van der Waals surface area contributed by atoms with Gasteiger partial charge >= 0.3 is 0 Å². The highest BCUT2D eigenvalue weighted by molar-refractivity contribution is 5.85. The molecule has 1 aromatic rings. The average molecular weight is 374 g/mol. The molecule has 1 aliphatic carbocycles. The van der Waals surface area contributed by atoms with Gasteiger partial charge in [-0.05, 0) is 37.8 Å². The molecule has 6 heteroatoms. The topological polar surface area (TPSA) is 64.5 Å². The summed E-state index contributed by atoms with van der Waals surface area (Å²) in [5, 5.41) is 0. The van der Waals surface area contributed by atoms with E-state index in [-0.39, 0.29) is 30.9 Å². The second-order valence-corrected chi connectivity index (χ2v) is 6.70. The van der Waals surface area contributed by atoms with Crippen molar-refractivity contribution in [3.05, 3.63) is 41.7 Å². The van der Waals surface area contributed by atoms with Crippen molar-refractivity contribution in [1.82, 2.24) is 0 Å². The van der Waals surface area contributed by atoms with Crippen LogP contribution in [-0.4, -0.2) is 12.8 Å². The molecule has 0 amide bonds. The Bertz CT molecular complexity index is 571. The van der Waals surface area contributed by atoms with Crippen molar-refractivity contribution in [1.29, 1.82) is 0 Å². The van der Waals surface area contributed by atoms with Crippen molar-refractivity contribution < 1.29 is 4.74 Å². The molecule has 1 saturated carbocycles. The Balaban J connectivity index is 0.00000144. The molecule has 0 aromatic heterocycles. The Morgan fingerprint density at radius 1 is 1.12 bits per heavy atom. The fraction of sp³-hybridized carbons (Fsp3) is 0.556. The fourth-order valence-electron chi connectivity index (χ4n) is 3.99. The lowest BCUT2D eigenvalue weighted by molar-refractivity contribution is 0.138. The highest BCUT2D eigenvalue weighted by atomic mass is 35.5. The van der Waals surface area contributed by atoms with Gasteiger partial charge in [-0.3, -0.25) is 0 Å². The second kappa shape index (κ2) is 8.43. The van der Waals surface area contributed by atoms with Gasteiger partial charge in [0.2, 0.25) is 0 Å². The predicted molar refractivity (Wildman–Crippen MR) is 105 cm³/mol. The quantitative estimate of drug-likeness (QED) is 0.836. The van der Waals surface area contributed by atoms with Crippen molar-refractivity contribution >= 4 is 30.5 Å². The van der Waals surface area contributed by atoms with Gasteiger partial charge in [0.1, 0.15) is 11.9 Å². The third kappa shape index (κ3) is 3.67. The molecule has 24 heavy (non-hydrogen) atoms. The lowest BCUT2D eigenvalue weighted by Crippen LogP contribution is -2.61. The first kappa shape index (κ1) is 21.1. The number of hydrogen-bond acceptors (Lipinski definition) is 4. The highest BCUT2D eigenvalue weighted by Gasteiger charge is 2.41. The van der Waals surface area contributed by atoms with E-state index in [0.717, 1.165) is 11.3 Å². The van der Waals surface area contributed by atoms with E-state index in [1.165, 1.54) is 32.1 Å². The zero-order valence-corrected chi connectivity index (χ0v) is 16.0. The van der Waals surface area contributed by atoms with Crippen LogP contribution in [0.15, 0.2) is 36.2 Å². The maximum atomic E-state index is 6.82. The van der Waals surface area contributed by atoms with Gasteiger partial charge in [-0.2, -0.15) is 0 Å². The van der Waals surface area contributed by atoms with Crippen LogP contribution in [0.25, 0.3) is 0 Å². The minimum atomic E-state index is -0.476. The molecular weight excluding hydrogens is 345 g/mol. The molecule has 0 bridgehead atoms. The summed E-state index contributed by atoms with van der Waals surface area (Å²) in [5.41, 5.74) is 14.9. The zero-order chi connectivity index (χ0) is 15.7. The number of para-hydroxylation sites is 1. The minimum absolute atomic E-state index is 0. The first-order valence-electron chi connectivity index (χ1n) is 8.24. The standard InChI is InChI=1S/C18H27N3O.2ClH/c1-18(20,13-8-4-3-5-9-13)21-15-11-7-6-10-14(15)16(22-2)12-17(21)19;;/h6-7,10-13,16H,3-5,8-9,19-20H2,1-2H3;2*1H. The molecule has 4 N–H and O–H groups in total. The molecule has 0 saturated heterocycles. The molecule has 3 rings (SSSR count). The summed E-state index contributed by atoms with van der Waals surface area (Å²) < 4.78 is 5.57. The van der Waals surface area contributed by atoms with Crippen molar-refractivity contribution in [3.63, 3.8) is 0 Å². The van der Waals surface area contributed by atoms with Crippen LogP contribution in [0.4, 0.5) is 5.69 Å². The molecule has 4 nitrogen and oxygen atoms in total. The third-order valence-electron chi connectivity index (χ3n) is 5.23. The lowest BCUT2D eigenvalue weighted by atomic mass is 9.79. The normalized spacial score (nSPS) is 23.2. The monoisotopic (exact) mass is 373 g/mol. The van der Waals surface area contributed by atoms with Gasteiger partial charge in [0.05, 0.1) is 11.4 Å². The summed E-state index contributed by atoms with van der Waals surface area (Å²) in [5.74, 6) is 1.15. The summed E-state index contributed by atoms with van der Waals surface area (Å²) in [6.45, 7) is 2.12. The summed E-state index contributed by atoms with van der Waals surface area (Å²) in [6, 6.07) is 8.26. The number of anilines is 1. The van der Waals surface area contributed by atoms with E-state index in [9.17, 15) is 0 Å². The van der Waals surface area contributed by atoms with E-state index in [4.69, 9.17) is 16.2 Å². The molecule has 136 valence electrons. The van der Waals surface area contributed by atoms with Crippen LogP contribution in [-0.2, 0) is 4.74 Å². The molecule has 1 aromatic carbocycles. The smallest absolute Gasteiger partial charge is 0.106 e. The minimum Gasteiger partial charge on any atom is -0.385 e. The van der Waals surface area contributed by atoms with Crippen LogP contribution in [0.2, 0.25) is 0 Å². The number of methoxy groups -OCH3 is 1. The van der Waals surface area contributed by atoms with Crippen LogP contribution in [0, 0.1) is 5.92 Å². The first-order valence-corrected chi connectivity index (χ1v) is 8.24. The van der Waals surface area contributed by atoms with Crippen LogP contribution in [0.3, 0.4) is 0 Å². The molecule has 1 aliphatic heterocycles. The summed E-state index contributed by atoms with van der Waals surface area (Å²) in [6.07, 6.45) is 8.05. The predicted octanol–water partition coefficient (Wildman–Crippen LogP) is 4.09. The van der Waals surface area contributed by atoms with Crippen LogP contribution in [0.5, 0.6) is 0 Å². The van der Waals surface area contributed by atoms with Gasteiger partial charge in [0, 0.05) is 12.7 Å². The molecule has 0 spiro atoms. The van der Waals surface area contributed by atoms with E-state index in [1.54, 1.807) is 7.11 Å². The van der Waals surface area contributed by atoms with Crippen molar-refractivity contribution in [2.45, 2.75) is 50.8 Å². The van der Waals surface area contributed by atoms with E-state index >= 15 is 0 Å². The van der Waals surface area contributed by atoms with Crippen LogP contribution < -0.4 is 16.4 Å². The molecule has 2 aliphatic rings. The molecule has 2 atom stereocenters. The molecule has 2 unspecified atom stereocenters. The van der Waals surface area contributed by atoms with Gasteiger partial charge in [-0.25, -0.2) is 0 Å². The maximum absolute atomic E-state index is 6.82. The summed E-state index contributed by atoms with van der Waals surface area (Å²) >= 11 is 0. The van der Waals surface area contributed by atoms with Gasteiger partial charge < -0.3 is 21.1 Å². The number of hydrogen-bond donors (Lipinski definition) is 2. The summed E-state index contributed by atoms with van der Waals surface area (Å²) in [4.78, 5) is 2.12. The van der Waals surface area contributed by atoms with E-state index in [2.05, 4.69) is 24.0 Å². The third-order valence-corrected chi connectivity index (χ3v) is 5.23. The number of halogens is 2. The van der Waals surface area contributed by atoms with Crippen molar-refractivity contribution in [3.8, 4) is 0 Å². The van der Waals surface area contributed by atoms with E-state index < -0.39 is 5.66 Å². The first-order chi connectivity index (χ1) is 10.6. The lowest BCUT2D eigenvalue weighted by Gasteiger charge is -2.48.